The molecule has 4 rings (SSSR count). The molecule has 25 heavy (non-hydrogen) atoms. The largest absolute Gasteiger partial charge is 0.496 e. The van der Waals surface area contributed by atoms with Crippen molar-refractivity contribution in [2.24, 2.45) is 0 Å². The highest BCUT2D eigenvalue weighted by Gasteiger charge is 2.22. The third kappa shape index (κ3) is 2.58. The van der Waals surface area contributed by atoms with E-state index in [-0.39, 0.29) is 5.56 Å². The minimum atomic E-state index is -0.947. The fourth-order valence-corrected chi connectivity index (χ4v) is 4.06. The van der Waals surface area contributed by atoms with Crippen molar-refractivity contribution in [3.8, 4) is 5.75 Å². The van der Waals surface area contributed by atoms with Crippen LogP contribution in [-0.2, 0) is 19.4 Å². The molecular weight excluding hydrogens is 314 g/mol. The van der Waals surface area contributed by atoms with Crippen molar-refractivity contribution in [2.45, 2.75) is 32.2 Å². The maximum atomic E-state index is 11.8. The number of nitrogens with zero attached hydrogens (tertiary/aromatic N) is 1. The Morgan fingerprint density at radius 2 is 1.92 bits per heavy atom. The average Bonchev–Trinajstić information content (AvgIpc) is 2.96. The number of aromatic nitrogens is 1. The quantitative estimate of drug-likeness (QED) is 0.774. The predicted molar refractivity (Wildman–Crippen MR) is 97.6 cm³/mol. The zero-order valence-electron chi connectivity index (χ0n) is 14.3. The van der Waals surface area contributed by atoms with E-state index in [1.807, 2.05) is 18.2 Å². The number of carboxylic acids is 1. The number of benzene rings is 2. The molecule has 0 spiro atoms. The number of para-hydroxylation sites is 1. The molecule has 0 bridgehead atoms. The van der Waals surface area contributed by atoms with Crippen LogP contribution < -0.4 is 4.74 Å². The van der Waals surface area contributed by atoms with Crippen LogP contribution >= 0.6 is 0 Å². The topological polar surface area (TPSA) is 51.5 Å². The Kier molecular flexibility index (Phi) is 3.96. The van der Waals surface area contributed by atoms with Crippen LogP contribution in [0.2, 0.25) is 0 Å². The third-order valence-corrected chi connectivity index (χ3v) is 5.16. The highest BCUT2D eigenvalue weighted by Crippen LogP contribution is 2.33. The third-order valence-electron chi connectivity index (χ3n) is 5.16. The van der Waals surface area contributed by atoms with Gasteiger partial charge in [-0.2, -0.15) is 0 Å². The fraction of sp³-hybridized carbons (Fsp3) is 0.286. The van der Waals surface area contributed by atoms with Gasteiger partial charge in [-0.05, 0) is 48.9 Å². The van der Waals surface area contributed by atoms with Crippen LogP contribution in [0.25, 0.3) is 10.9 Å². The second-order valence-electron chi connectivity index (χ2n) is 6.54. The number of methoxy groups -OCH3 is 1. The summed E-state index contributed by atoms with van der Waals surface area (Å²) in [4.78, 5) is 11.8. The van der Waals surface area contributed by atoms with Gasteiger partial charge < -0.3 is 14.4 Å². The first-order chi connectivity index (χ1) is 12.2. The molecule has 3 aromatic rings. The lowest BCUT2D eigenvalue weighted by Gasteiger charge is -2.17. The smallest absolute Gasteiger partial charge is 0.339 e. The van der Waals surface area contributed by atoms with Crippen molar-refractivity contribution in [1.82, 2.24) is 4.57 Å². The lowest BCUT2D eigenvalue weighted by atomic mass is 9.95. The van der Waals surface area contributed by atoms with Crippen molar-refractivity contribution in [3.63, 3.8) is 0 Å². The summed E-state index contributed by atoms with van der Waals surface area (Å²) in [7, 11) is 1.51. The molecule has 4 heteroatoms. The van der Waals surface area contributed by atoms with Crippen LogP contribution in [0.4, 0.5) is 0 Å². The summed E-state index contributed by atoms with van der Waals surface area (Å²) < 4.78 is 7.57. The molecule has 1 aliphatic rings. The molecule has 1 aromatic heterocycles. The van der Waals surface area contributed by atoms with E-state index < -0.39 is 5.97 Å². The predicted octanol–water partition coefficient (Wildman–Crippen LogP) is 4.28. The van der Waals surface area contributed by atoms with E-state index in [2.05, 4.69) is 22.8 Å². The number of aromatic carboxylic acids is 1. The summed E-state index contributed by atoms with van der Waals surface area (Å²) >= 11 is 0. The van der Waals surface area contributed by atoms with Crippen molar-refractivity contribution >= 4 is 16.9 Å². The number of aryl methyl sites for hydroxylation is 1. The number of carboxylic acid groups (broad SMARTS) is 1. The van der Waals surface area contributed by atoms with Crippen LogP contribution in [-0.4, -0.2) is 22.8 Å². The van der Waals surface area contributed by atoms with Crippen LogP contribution in [0.5, 0.6) is 5.75 Å². The number of hydrogen-bond acceptors (Lipinski definition) is 2. The van der Waals surface area contributed by atoms with Gasteiger partial charge in [0.1, 0.15) is 11.3 Å². The molecule has 128 valence electrons. The van der Waals surface area contributed by atoms with E-state index in [1.165, 1.54) is 42.1 Å². The van der Waals surface area contributed by atoms with Gasteiger partial charge in [-0.15, -0.1) is 0 Å². The van der Waals surface area contributed by atoms with Crippen LogP contribution in [0.3, 0.4) is 0 Å². The molecule has 4 nitrogen and oxygen atoms in total. The number of carbonyl (C=O) groups is 1. The number of ether oxygens (including phenoxy) is 1. The number of hydrogen-bond donors (Lipinski definition) is 1. The Morgan fingerprint density at radius 1 is 1.12 bits per heavy atom. The van der Waals surface area contributed by atoms with Gasteiger partial charge in [0, 0.05) is 23.1 Å². The molecule has 1 heterocycles. The summed E-state index contributed by atoms with van der Waals surface area (Å²) in [5.41, 5.74) is 5.01. The highest BCUT2D eigenvalue weighted by atomic mass is 16.5. The van der Waals surface area contributed by atoms with E-state index >= 15 is 0 Å². The Hall–Kier alpha value is -2.75. The maximum absolute atomic E-state index is 11.8. The Bertz CT molecular complexity index is 955. The molecular formula is C21H21NO3. The molecule has 1 N–H and O–H groups in total. The van der Waals surface area contributed by atoms with E-state index in [9.17, 15) is 9.90 Å². The van der Waals surface area contributed by atoms with Crippen molar-refractivity contribution in [3.05, 3.63) is 64.8 Å². The Morgan fingerprint density at radius 3 is 2.72 bits per heavy atom. The van der Waals surface area contributed by atoms with Gasteiger partial charge in [-0.25, -0.2) is 4.79 Å². The fourth-order valence-electron chi connectivity index (χ4n) is 4.06. The minimum Gasteiger partial charge on any atom is -0.496 e. The first-order valence-electron chi connectivity index (χ1n) is 8.69. The summed E-state index contributed by atoms with van der Waals surface area (Å²) in [6, 6.07) is 13.9. The first-order valence-corrected chi connectivity index (χ1v) is 8.69. The van der Waals surface area contributed by atoms with Gasteiger partial charge in [0.05, 0.1) is 7.11 Å². The summed E-state index contributed by atoms with van der Waals surface area (Å²) in [5, 5.41) is 11.0. The first kappa shape index (κ1) is 15.8. The average molecular weight is 335 g/mol. The lowest BCUT2D eigenvalue weighted by molar-refractivity contribution is 0.0692. The molecule has 0 radical (unpaired) electrons. The van der Waals surface area contributed by atoms with E-state index in [1.54, 1.807) is 6.07 Å². The lowest BCUT2D eigenvalue weighted by Crippen LogP contribution is -2.12. The maximum Gasteiger partial charge on any atom is 0.339 e. The van der Waals surface area contributed by atoms with Crippen LogP contribution in [0.1, 0.15) is 40.0 Å². The monoisotopic (exact) mass is 335 g/mol. The summed E-state index contributed by atoms with van der Waals surface area (Å²) in [5.74, 6) is -0.534. The standard InChI is InChI=1S/C21H21NO3/c1-25-19-12-6-7-14(20(19)21(23)24)13-22-17-10-4-2-8-15(17)16-9-3-5-11-18(16)22/h2,4,6-8,10,12H,3,5,9,11,13H2,1H3,(H,23,24). The zero-order chi connectivity index (χ0) is 17.4. The molecule has 0 fully saturated rings. The normalized spacial score (nSPS) is 13.6. The Balaban J connectivity index is 1.89. The van der Waals surface area contributed by atoms with Gasteiger partial charge in [-0.3, -0.25) is 0 Å². The summed E-state index contributed by atoms with van der Waals surface area (Å²) in [6.07, 6.45) is 4.57. The molecule has 0 aliphatic heterocycles. The van der Waals surface area contributed by atoms with Crippen molar-refractivity contribution in [2.75, 3.05) is 7.11 Å². The number of rotatable bonds is 4. The molecule has 0 unspecified atom stereocenters. The molecule has 1 aliphatic carbocycles. The van der Waals surface area contributed by atoms with Gasteiger partial charge >= 0.3 is 5.97 Å². The molecule has 0 atom stereocenters. The summed E-state index contributed by atoms with van der Waals surface area (Å²) in [6.45, 7) is 0.550. The van der Waals surface area contributed by atoms with Crippen molar-refractivity contribution < 1.29 is 14.6 Å². The SMILES string of the molecule is COc1cccc(Cn2c3c(c4ccccc42)CCCC3)c1C(=O)O. The molecule has 0 saturated heterocycles. The van der Waals surface area contributed by atoms with Gasteiger partial charge in [-0.1, -0.05) is 30.3 Å². The molecule has 0 amide bonds. The highest BCUT2D eigenvalue weighted by molar-refractivity contribution is 5.93. The Labute approximate surface area is 146 Å². The molecule has 2 aromatic carbocycles. The van der Waals surface area contributed by atoms with Crippen molar-refractivity contribution in [1.29, 1.82) is 0 Å². The van der Waals surface area contributed by atoms with E-state index in [4.69, 9.17) is 4.74 Å². The van der Waals surface area contributed by atoms with E-state index in [0.29, 0.717) is 12.3 Å². The van der Waals surface area contributed by atoms with E-state index in [0.717, 1.165) is 18.4 Å². The minimum absolute atomic E-state index is 0.257. The van der Waals surface area contributed by atoms with Gasteiger partial charge in [0.2, 0.25) is 0 Å². The molecule has 0 saturated carbocycles. The zero-order valence-corrected chi connectivity index (χ0v) is 14.3. The van der Waals surface area contributed by atoms with Crippen LogP contribution in [0.15, 0.2) is 42.5 Å². The second-order valence-corrected chi connectivity index (χ2v) is 6.54. The van der Waals surface area contributed by atoms with Crippen LogP contribution in [0, 0.1) is 0 Å². The second kappa shape index (κ2) is 6.28. The number of fused-ring (bicyclic) bond motifs is 3. The van der Waals surface area contributed by atoms with Gasteiger partial charge in [0.25, 0.3) is 0 Å². The van der Waals surface area contributed by atoms with Gasteiger partial charge in [0.15, 0.2) is 0 Å².